The molecule has 0 bridgehead atoms. The largest absolute Gasteiger partial charge is 0.469 e. The van der Waals surface area contributed by atoms with Crippen molar-refractivity contribution in [2.24, 2.45) is 5.92 Å². The number of esters is 1. The Bertz CT molecular complexity index is 1640. The minimum absolute atomic E-state index is 0.0551. The molecule has 2 aromatic carbocycles. The van der Waals surface area contributed by atoms with Gasteiger partial charge < -0.3 is 4.74 Å². The van der Waals surface area contributed by atoms with Gasteiger partial charge in [0, 0.05) is 22.1 Å². The van der Waals surface area contributed by atoms with Crippen LogP contribution in [-0.4, -0.2) is 30.7 Å². The zero-order valence-corrected chi connectivity index (χ0v) is 20.6. The van der Waals surface area contributed by atoms with Gasteiger partial charge >= 0.3 is 5.97 Å². The van der Waals surface area contributed by atoms with Gasteiger partial charge in [-0.2, -0.15) is 5.26 Å². The van der Waals surface area contributed by atoms with E-state index >= 15 is 0 Å². The number of fused-ring (bicyclic) bond motifs is 1. The highest BCUT2D eigenvalue weighted by Gasteiger charge is 2.45. The van der Waals surface area contributed by atoms with Crippen molar-refractivity contribution >= 4 is 38.2 Å². The number of nitrogens with zero attached hydrogens (tertiary/aromatic N) is 2. The van der Waals surface area contributed by atoms with Gasteiger partial charge in [-0.25, -0.2) is 12.4 Å². The molecule has 8 heteroatoms. The van der Waals surface area contributed by atoms with E-state index in [-0.39, 0.29) is 17.8 Å². The van der Waals surface area contributed by atoms with Crippen LogP contribution in [0.15, 0.2) is 60.0 Å². The summed E-state index contributed by atoms with van der Waals surface area (Å²) in [5.41, 5.74) is 4.41. The van der Waals surface area contributed by atoms with Crippen molar-refractivity contribution in [3.8, 4) is 28.5 Å². The third kappa shape index (κ3) is 3.49. The molecule has 2 aromatic heterocycles. The van der Waals surface area contributed by atoms with Crippen LogP contribution in [0.5, 0.6) is 0 Å². The van der Waals surface area contributed by atoms with Gasteiger partial charge in [-0.3, -0.25) is 4.79 Å². The smallest absolute Gasteiger partial charge is 0.309 e. The molecule has 0 N–H and O–H groups in total. The van der Waals surface area contributed by atoms with Gasteiger partial charge in [0.05, 0.1) is 29.5 Å². The van der Waals surface area contributed by atoms with E-state index in [1.165, 1.54) is 22.4 Å². The minimum atomic E-state index is -3.64. The highest BCUT2D eigenvalue weighted by atomic mass is 32.2. The molecular formula is C27H22N2O4S2. The maximum atomic E-state index is 13.8. The molecule has 0 radical (unpaired) electrons. The van der Waals surface area contributed by atoms with Crippen molar-refractivity contribution in [2.75, 3.05) is 7.11 Å². The Morgan fingerprint density at radius 3 is 2.69 bits per heavy atom. The van der Waals surface area contributed by atoms with E-state index in [4.69, 9.17) is 4.74 Å². The lowest BCUT2D eigenvalue weighted by Crippen LogP contribution is -2.18. The quantitative estimate of drug-likeness (QED) is 0.324. The second-order valence-electron chi connectivity index (χ2n) is 9.12. The molecule has 0 aliphatic heterocycles. The molecule has 2 saturated carbocycles. The molecular weight excluding hydrogens is 480 g/mol. The number of rotatable bonds is 6. The number of carbonyl (C=O) groups is 1. The lowest BCUT2D eigenvalue weighted by molar-refractivity contribution is -0.142. The molecule has 0 amide bonds. The summed E-state index contributed by atoms with van der Waals surface area (Å²) < 4.78 is 34.0. The van der Waals surface area contributed by atoms with Crippen molar-refractivity contribution in [2.45, 2.75) is 30.4 Å². The highest BCUT2D eigenvalue weighted by molar-refractivity contribution is 7.91. The number of benzene rings is 2. The first-order valence-corrected chi connectivity index (χ1v) is 13.9. The van der Waals surface area contributed by atoms with E-state index in [0.717, 1.165) is 34.1 Å². The van der Waals surface area contributed by atoms with E-state index in [1.807, 2.05) is 60.0 Å². The van der Waals surface area contributed by atoms with Crippen LogP contribution in [0.4, 0.5) is 0 Å². The molecule has 6 nitrogen and oxygen atoms in total. The maximum absolute atomic E-state index is 13.8. The number of para-hydroxylation sites is 1. The number of carbonyl (C=O) groups excluding carboxylic acids is 1. The Hall–Kier alpha value is -3.41. The molecule has 35 heavy (non-hydrogen) atoms. The van der Waals surface area contributed by atoms with Crippen LogP contribution >= 0.6 is 11.3 Å². The van der Waals surface area contributed by atoms with Crippen LogP contribution in [-0.2, 0) is 19.6 Å². The predicted molar refractivity (Wildman–Crippen MR) is 136 cm³/mol. The van der Waals surface area contributed by atoms with E-state index in [1.54, 1.807) is 0 Å². The van der Waals surface area contributed by atoms with E-state index in [9.17, 15) is 18.5 Å². The summed E-state index contributed by atoms with van der Waals surface area (Å²) in [7, 11) is -2.25. The van der Waals surface area contributed by atoms with Crippen LogP contribution < -0.4 is 0 Å². The average molecular weight is 503 g/mol. The summed E-state index contributed by atoms with van der Waals surface area (Å²) in [4.78, 5) is 12.6. The Balaban J connectivity index is 1.64. The molecule has 1 unspecified atom stereocenters. The number of ether oxygens (including phenoxy) is 1. The number of hydrogen-bond acceptors (Lipinski definition) is 6. The summed E-state index contributed by atoms with van der Waals surface area (Å²) >= 11 is 1.35. The first kappa shape index (κ1) is 22.1. The fourth-order valence-corrected chi connectivity index (χ4v) is 7.61. The van der Waals surface area contributed by atoms with Crippen molar-refractivity contribution in [1.82, 2.24) is 3.97 Å². The first-order valence-electron chi connectivity index (χ1n) is 11.5. The average Bonchev–Trinajstić information content (AvgIpc) is 3.80. The molecule has 2 fully saturated rings. The SMILES string of the molecule is COC(=O)C1C[C@H]1c1cccc(-c2c(-c3ccsc3C#N)c3ccccc3n2S(=O)(=O)C2CC2)c1. The standard InChI is InChI=1S/C27H22N2O4S2/c1-33-27(30)22-14-21(22)16-5-4-6-17(13-16)26-25(20-11-12-34-24(20)15-28)19-7-2-3-8-23(19)29(26)35(31,32)18-9-10-18/h2-8,11-13,18,21-22H,9-10,14H2,1H3/t21-,22?/m0/s1. The van der Waals surface area contributed by atoms with Crippen LogP contribution in [0.2, 0.25) is 0 Å². The molecule has 4 aromatic rings. The molecule has 176 valence electrons. The summed E-state index contributed by atoms with van der Waals surface area (Å²) in [6, 6.07) is 19.4. The number of nitriles is 1. The van der Waals surface area contributed by atoms with Crippen molar-refractivity contribution in [1.29, 1.82) is 5.26 Å². The fourth-order valence-electron chi connectivity index (χ4n) is 5.01. The van der Waals surface area contributed by atoms with Crippen molar-refractivity contribution in [3.63, 3.8) is 0 Å². The Labute approximate surface area is 207 Å². The lowest BCUT2D eigenvalue weighted by atomic mass is 9.97. The fraction of sp³-hybridized carbons (Fsp3) is 0.259. The van der Waals surface area contributed by atoms with Crippen molar-refractivity contribution in [3.05, 3.63) is 70.4 Å². The summed E-state index contributed by atoms with van der Waals surface area (Å²) in [6.45, 7) is 0. The number of methoxy groups -OCH3 is 1. The minimum Gasteiger partial charge on any atom is -0.469 e. The molecule has 2 aliphatic carbocycles. The maximum Gasteiger partial charge on any atom is 0.309 e. The van der Waals surface area contributed by atoms with E-state index < -0.39 is 15.3 Å². The van der Waals surface area contributed by atoms with Gasteiger partial charge in [-0.15, -0.1) is 11.3 Å². The van der Waals surface area contributed by atoms with Gasteiger partial charge in [0.25, 0.3) is 0 Å². The topological polar surface area (TPSA) is 89.2 Å². The molecule has 0 saturated heterocycles. The number of aromatic nitrogens is 1. The second kappa shape index (κ2) is 8.08. The second-order valence-corrected chi connectivity index (χ2v) is 12.1. The van der Waals surface area contributed by atoms with Gasteiger partial charge in [-0.1, -0.05) is 36.4 Å². The highest BCUT2D eigenvalue weighted by Crippen LogP contribution is 2.50. The van der Waals surface area contributed by atoms with Crippen molar-refractivity contribution < 1.29 is 17.9 Å². The van der Waals surface area contributed by atoms with Gasteiger partial charge in [0.2, 0.25) is 10.0 Å². The third-order valence-electron chi connectivity index (χ3n) is 6.95. The van der Waals surface area contributed by atoms with Crippen LogP contribution in [0.25, 0.3) is 33.3 Å². The van der Waals surface area contributed by atoms with Gasteiger partial charge in [0.15, 0.2) is 0 Å². The molecule has 2 heterocycles. The first-order chi connectivity index (χ1) is 17.0. The Morgan fingerprint density at radius 2 is 1.94 bits per heavy atom. The number of hydrogen-bond donors (Lipinski definition) is 0. The van der Waals surface area contributed by atoms with Gasteiger partial charge in [0.1, 0.15) is 10.9 Å². The summed E-state index contributed by atoms with van der Waals surface area (Å²) in [5.74, 6) is -0.333. The van der Waals surface area contributed by atoms with Crippen LogP contribution in [0.3, 0.4) is 0 Å². The summed E-state index contributed by atoms with van der Waals surface area (Å²) in [6.07, 6.45) is 2.01. The zero-order valence-electron chi connectivity index (χ0n) is 19.0. The van der Waals surface area contributed by atoms with Crippen LogP contribution in [0, 0.1) is 17.2 Å². The zero-order chi connectivity index (χ0) is 24.3. The predicted octanol–water partition coefficient (Wildman–Crippen LogP) is 5.53. The summed E-state index contributed by atoms with van der Waals surface area (Å²) in [5, 5.41) is 12.0. The molecule has 2 atom stereocenters. The normalized spacial score (nSPS) is 19.4. The molecule has 0 spiro atoms. The van der Waals surface area contributed by atoms with E-state index in [0.29, 0.717) is 28.9 Å². The Kier molecular flexibility index (Phi) is 5.09. The third-order valence-corrected chi connectivity index (χ3v) is 9.97. The molecule has 6 rings (SSSR count). The van der Waals surface area contributed by atoms with E-state index in [2.05, 4.69) is 6.07 Å². The van der Waals surface area contributed by atoms with Crippen LogP contribution in [0.1, 0.15) is 35.6 Å². The monoisotopic (exact) mass is 502 g/mol. The Morgan fingerprint density at radius 1 is 1.14 bits per heavy atom. The van der Waals surface area contributed by atoms with Gasteiger partial charge in [-0.05, 0) is 54.3 Å². The number of thiophene rings is 1. The lowest BCUT2D eigenvalue weighted by Gasteiger charge is -2.14. The molecule has 2 aliphatic rings.